The number of carbonyl (C=O) groups is 3. The molecule has 0 aromatic heterocycles. The van der Waals surface area contributed by atoms with Gasteiger partial charge in [-0.15, -0.1) is 0 Å². The topological polar surface area (TPSA) is 78.9 Å². The first-order valence-corrected chi connectivity index (χ1v) is 11.7. The molecule has 2 aromatic rings. The third-order valence-corrected chi connectivity index (χ3v) is 7.38. The Balaban J connectivity index is 1.48. The summed E-state index contributed by atoms with van der Waals surface area (Å²) in [7, 11) is 0. The number of benzene rings is 2. The van der Waals surface area contributed by atoms with Crippen molar-refractivity contribution in [2.45, 2.75) is 57.3 Å². The van der Waals surface area contributed by atoms with Crippen molar-refractivity contribution in [2.24, 2.45) is 11.8 Å². The second-order valence-electron chi connectivity index (χ2n) is 9.65. The lowest BCUT2D eigenvalue weighted by molar-refractivity contribution is -0.168. The molecule has 6 heteroatoms. The minimum Gasteiger partial charge on any atom is -0.458 e. The van der Waals surface area contributed by atoms with E-state index in [0.717, 1.165) is 35.1 Å². The summed E-state index contributed by atoms with van der Waals surface area (Å²) in [6.45, 7) is 7.09. The summed E-state index contributed by atoms with van der Waals surface area (Å²) < 4.78 is 17.3. The Morgan fingerprint density at radius 2 is 1.59 bits per heavy atom. The van der Waals surface area contributed by atoms with Gasteiger partial charge in [-0.2, -0.15) is 0 Å². The Hall–Kier alpha value is -3.41. The molecule has 34 heavy (non-hydrogen) atoms. The summed E-state index contributed by atoms with van der Waals surface area (Å²) in [5, 5.41) is 0. The smallest absolute Gasteiger partial charge is 0.333 e. The Morgan fingerprint density at radius 1 is 1.00 bits per heavy atom. The maximum Gasteiger partial charge on any atom is 0.333 e. The second kappa shape index (κ2) is 8.42. The van der Waals surface area contributed by atoms with Crippen LogP contribution in [0.3, 0.4) is 0 Å². The number of ether oxygens (including phenoxy) is 3. The molecule has 5 rings (SSSR count). The zero-order valence-corrected chi connectivity index (χ0v) is 19.4. The highest BCUT2D eigenvalue weighted by molar-refractivity contribution is 5.88. The van der Waals surface area contributed by atoms with Crippen molar-refractivity contribution in [3.8, 4) is 0 Å². The zero-order valence-electron chi connectivity index (χ0n) is 19.4. The average molecular weight is 461 g/mol. The molecule has 6 nitrogen and oxygen atoms in total. The van der Waals surface area contributed by atoms with Gasteiger partial charge in [0, 0.05) is 29.5 Å². The third kappa shape index (κ3) is 3.71. The van der Waals surface area contributed by atoms with E-state index in [1.165, 1.54) is 0 Å². The van der Waals surface area contributed by atoms with Gasteiger partial charge in [-0.3, -0.25) is 9.59 Å². The highest BCUT2D eigenvalue weighted by atomic mass is 16.6. The molecule has 0 N–H and O–H groups in total. The molecule has 1 heterocycles. The Labute approximate surface area is 198 Å². The Kier molecular flexibility index (Phi) is 5.54. The standard InChI is InChI=1S/C28H28O6/c1-16(2)25(29)32-23-15-20(19-14-24(23)33-26(19)30)27(31)34-28(3)21-10-6-4-8-17(21)12-13-18-9-5-7-11-22(18)28/h4-11,19-20,23-24H,1,12-15H2,2-3H3. The van der Waals surface area contributed by atoms with Crippen molar-refractivity contribution in [1.82, 2.24) is 0 Å². The first kappa shape index (κ1) is 22.4. The lowest BCUT2D eigenvalue weighted by atomic mass is 9.78. The van der Waals surface area contributed by atoms with Crippen molar-refractivity contribution in [3.63, 3.8) is 0 Å². The van der Waals surface area contributed by atoms with Crippen molar-refractivity contribution in [3.05, 3.63) is 82.9 Å². The fraction of sp³-hybridized carbons (Fsp3) is 0.393. The van der Waals surface area contributed by atoms with E-state index in [-0.39, 0.29) is 12.0 Å². The molecule has 0 radical (unpaired) electrons. The van der Waals surface area contributed by atoms with E-state index in [0.29, 0.717) is 6.42 Å². The van der Waals surface area contributed by atoms with Gasteiger partial charge in [0.1, 0.15) is 12.2 Å². The Morgan fingerprint density at radius 3 is 2.18 bits per heavy atom. The summed E-state index contributed by atoms with van der Waals surface area (Å²) in [6.07, 6.45) is 0.957. The van der Waals surface area contributed by atoms with Crippen molar-refractivity contribution >= 4 is 17.9 Å². The van der Waals surface area contributed by atoms with Crippen molar-refractivity contribution in [1.29, 1.82) is 0 Å². The Bertz CT molecular complexity index is 1130. The highest BCUT2D eigenvalue weighted by Crippen LogP contribution is 2.45. The van der Waals surface area contributed by atoms with E-state index in [4.69, 9.17) is 14.2 Å². The fourth-order valence-corrected chi connectivity index (χ4v) is 5.58. The minimum atomic E-state index is -1.01. The lowest BCUT2D eigenvalue weighted by Crippen LogP contribution is -2.43. The van der Waals surface area contributed by atoms with Crippen LogP contribution in [0.4, 0.5) is 0 Å². The molecule has 0 spiro atoms. The number of aryl methyl sites for hydroxylation is 2. The van der Waals surface area contributed by atoms with Gasteiger partial charge in [0.2, 0.25) is 0 Å². The highest BCUT2D eigenvalue weighted by Gasteiger charge is 2.54. The molecule has 2 aromatic carbocycles. The second-order valence-corrected chi connectivity index (χ2v) is 9.65. The summed E-state index contributed by atoms with van der Waals surface area (Å²) in [5.41, 5.74) is 3.40. The first-order valence-electron chi connectivity index (χ1n) is 11.7. The SMILES string of the molecule is C=C(C)C(=O)OC1CC(C(=O)OC2(C)c3ccccc3CCc3ccccc32)C2CC1OC2=O. The normalized spacial score (nSPS) is 26.4. The van der Waals surface area contributed by atoms with Gasteiger partial charge in [-0.05, 0) is 37.8 Å². The van der Waals surface area contributed by atoms with Gasteiger partial charge >= 0.3 is 17.9 Å². The van der Waals surface area contributed by atoms with Crippen LogP contribution in [0, 0.1) is 11.8 Å². The maximum atomic E-state index is 13.7. The number of hydrogen-bond acceptors (Lipinski definition) is 6. The third-order valence-electron chi connectivity index (χ3n) is 7.38. The first-order chi connectivity index (χ1) is 16.3. The molecule has 176 valence electrons. The number of hydrogen-bond donors (Lipinski definition) is 0. The predicted octanol–water partition coefficient (Wildman–Crippen LogP) is 4.03. The molecule has 2 aliphatic carbocycles. The van der Waals surface area contributed by atoms with Gasteiger partial charge in [0.05, 0.1) is 11.8 Å². The predicted molar refractivity (Wildman–Crippen MR) is 124 cm³/mol. The van der Waals surface area contributed by atoms with Crippen LogP contribution in [0.25, 0.3) is 0 Å². The maximum absolute atomic E-state index is 13.7. The van der Waals surface area contributed by atoms with Gasteiger partial charge in [-0.1, -0.05) is 55.1 Å². The molecule has 1 saturated carbocycles. The molecule has 1 aliphatic heterocycles. The van der Waals surface area contributed by atoms with Crippen LogP contribution in [-0.2, 0) is 47.0 Å². The molecule has 4 unspecified atom stereocenters. The molecule has 4 atom stereocenters. The van der Waals surface area contributed by atoms with Gasteiger partial charge in [0.25, 0.3) is 0 Å². The van der Waals surface area contributed by atoms with E-state index >= 15 is 0 Å². The van der Waals surface area contributed by atoms with Gasteiger partial charge in [-0.25, -0.2) is 4.79 Å². The molecular weight excluding hydrogens is 432 g/mol. The summed E-state index contributed by atoms with van der Waals surface area (Å²) in [6, 6.07) is 16.0. The largest absolute Gasteiger partial charge is 0.458 e. The number of carbonyl (C=O) groups excluding carboxylic acids is 3. The molecule has 2 fully saturated rings. The van der Waals surface area contributed by atoms with Crippen LogP contribution in [-0.4, -0.2) is 30.1 Å². The van der Waals surface area contributed by atoms with E-state index in [2.05, 4.69) is 18.7 Å². The van der Waals surface area contributed by atoms with E-state index < -0.39 is 47.6 Å². The van der Waals surface area contributed by atoms with Crippen LogP contribution >= 0.6 is 0 Å². The molecule has 2 bridgehead atoms. The van der Waals surface area contributed by atoms with E-state index in [1.807, 2.05) is 43.3 Å². The van der Waals surface area contributed by atoms with Crippen LogP contribution in [0.5, 0.6) is 0 Å². The summed E-state index contributed by atoms with van der Waals surface area (Å²) in [5.74, 6) is -2.83. The van der Waals surface area contributed by atoms with E-state index in [9.17, 15) is 14.4 Å². The fourth-order valence-electron chi connectivity index (χ4n) is 5.58. The lowest BCUT2D eigenvalue weighted by Gasteiger charge is -2.36. The van der Waals surface area contributed by atoms with Crippen LogP contribution in [0.1, 0.15) is 48.9 Å². The van der Waals surface area contributed by atoms with Crippen molar-refractivity contribution in [2.75, 3.05) is 0 Å². The monoisotopic (exact) mass is 460 g/mol. The van der Waals surface area contributed by atoms with E-state index in [1.54, 1.807) is 6.92 Å². The quantitative estimate of drug-likeness (QED) is 0.389. The number of esters is 3. The number of fused-ring (bicyclic) bond motifs is 4. The van der Waals surface area contributed by atoms with Gasteiger partial charge in [0.15, 0.2) is 5.60 Å². The number of rotatable bonds is 4. The molecule has 0 amide bonds. The molecular formula is C28H28O6. The van der Waals surface area contributed by atoms with Gasteiger partial charge < -0.3 is 14.2 Å². The molecule has 1 saturated heterocycles. The van der Waals surface area contributed by atoms with Crippen LogP contribution in [0.2, 0.25) is 0 Å². The zero-order chi connectivity index (χ0) is 24.0. The average Bonchev–Trinajstić information content (AvgIpc) is 3.09. The molecule has 3 aliphatic rings. The van der Waals surface area contributed by atoms with Crippen molar-refractivity contribution < 1.29 is 28.6 Å². The summed E-state index contributed by atoms with van der Waals surface area (Å²) >= 11 is 0. The van der Waals surface area contributed by atoms with Crippen LogP contribution in [0.15, 0.2) is 60.7 Å². The summed E-state index contributed by atoms with van der Waals surface area (Å²) in [4.78, 5) is 38.4. The minimum absolute atomic E-state index is 0.179. The van der Waals surface area contributed by atoms with Crippen LogP contribution < -0.4 is 0 Å².